The van der Waals surface area contributed by atoms with Gasteiger partial charge in [-0.05, 0) is 33.1 Å². The van der Waals surface area contributed by atoms with Crippen LogP contribution in [0.2, 0.25) is 0 Å². The van der Waals surface area contributed by atoms with E-state index in [9.17, 15) is 4.79 Å². The summed E-state index contributed by atoms with van der Waals surface area (Å²) in [6.45, 7) is 4.06. The van der Waals surface area contributed by atoms with Gasteiger partial charge in [0.2, 0.25) is 5.91 Å². The molecule has 0 aromatic rings. The zero-order valence-electron chi connectivity index (χ0n) is 9.11. The van der Waals surface area contributed by atoms with E-state index in [1.54, 1.807) is 0 Å². The molecule has 0 aliphatic heterocycles. The summed E-state index contributed by atoms with van der Waals surface area (Å²) in [5.41, 5.74) is -0.151. The largest absolute Gasteiger partial charge is 0.351 e. The van der Waals surface area contributed by atoms with Crippen molar-refractivity contribution in [2.45, 2.75) is 51.5 Å². The highest BCUT2D eigenvalue weighted by molar-refractivity contribution is 6.17. The molecule has 0 atom stereocenters. The minimum Gasteiger partial charge on any atom is -0.351 e. The molecule has 1 fully saturated rings. The van der Waals surface area contributed by atoms with Crippen LogP contribution in [-0.2, 0) is 4.79 Å². The SMILES string of the molecule is CC(C)(CCCl)NC(=O)C1CCCC1. The minimum absolute atomic E-state index is 0.151. The maximum absolute atomic E-state index is 11.8. The Bertz CT molecular complexity index is 197. The molecule has 1 N–H and O–H groups in total. The Morgan fingerprint density at radius 3 is 2.50 bits per heavy atom. The molecule has 0 saturated heterocycles. The van der Waals surface area contributed by atoms with Crippen molar-refractivity contribution in [3.63, 3.8) is 0 Å². The molecule has 0 radical (unpaired) electrons. The van der Waals surface area contributed by atoms with Crippen LogP contribution in [0.5, 0.6) is 0 Å². The Balaban J connectivity index is 2.38. The van der Waals surface area contributed by atoms with Gasteiger partial charge in [0.05, 0.1) is 0 Å². The average molecular weight is 218 g/mol. The van der Waals surface area contributed by atoms with Gasteiger partial charge in [-0.3, -0.25) is 4.79 Å². The number of halogens is 1. The average Bonchev–Trinajstić information content (AvgIpc) is 2.53. The molecule has 1 amide bonds. The topological polar surface area (TPSA) is 29.1 Å². The molecule has 0 spiro atoms. The lowest BCUT2D eigenvalue weighted by molar-refractivity contribution is -0.126. The number of hydrogen-bond acceptors (Lipinski definition) is 1. The van der Waals surface area contributed by atoms with Gasteiger partial charge >= 0.3 is 0 Å². The molecule has 0 aromatic carbocycles. The van der Waals surface area contributed by atoms with Crippen LogP contribution in [0.25, 0.3) is 0 Å². The second-order valence-corrected chi connectivity index (χ2v) is 5.17. The summed E-state index contributed by atoms with van der Waals surface area (Å²) < 4.78 is 0. The molecule has 0 unspecified atom stereocenters. The van der Waals surface area contributed by atoms with Crippen molar-refractivity contribution in [2.24, 2.45) is 5.92 Å². The molecule has 0 bridgehead atoms. The summed E-state index contributed by atoms with van der Waals surface area (Å²) >= 11 is 5.68. The second kappa shape index (κ2) is 5.01. The lowest BCUT2D eigenvalue weighted by atomic mass is 9.99. The fourth-order valence-electron chi connectivity index (χ4n) is 1.92. The molecule has 1 rings (SSSR count). The van der Waals surface area contributed by atoms with Crippen molar-refractivity contribution in [2.75, 3.05) is 5.88 Å². The Morgan fingerprint density at radius 1 is 1.43 bits per heavy atom. The molecule has 0 heterocycles. The minimum atomic E-state index is -0.151. The van der Waals surface area contributed by atoms with Crippen molar-refractivity contribution < 1.29 is 4.79 Å². The van der Waals surface area contributed by atoms with E-state index in [2.05, 4.69) is 5.32 Å². The lowest BCUT2D eigenvalue weighted by Crippen LogP contribution is -2.46. The summed E-state index contributed by atoms with van der Waals surface area (Å²) in [5, 5.41) is 3.08. The molecule has 1 aliphatic carbocycles. The fourth-order valence-corrected chi connectivity index (χ4v) is 2.39. The van der Waals surface area contributed by atoms with Crippen LogP contribution < -0.4 is 5.32 Å². The Hall–Kier alpha value is -0.240. The molecule has 1 aliphatic rings. The van der Waals surface area contributed by atoms with Gasteiger partial charge in [0, 0.05) is 17.3 Å². The highest BCUT2D eigenvalue weighted by atomic mass is 35.5. The molecule has 1 saturated carbocycles. The van der Waals surface area contributed by atoms with Gasteiger partial charge in [0.1, 0.15) is 0 Å². The Labute approximate surface area is 91.4 Å². The highest BCUT2D eigenvalue weighted by Crippen LogP contribution is 2.25. The number of amides is 1. The van der Waals surface area contributed by atoms with E-state index in [1.165, 1.54) is 12.8 Å². The van der Waals surface area contributed by atoms with Crippen molar-refractivity contribution in [3.8, 4) is 0 Å². The van der Waals surface area contributed by atoms with E-state index in [1.807, 2.05) is 13.8 Å². The monoisotopic (exact) mass is 217 g/mol. The van der Waals surface area contributed by atoms with E-state index in [-0.39, 0.29) is 17.4 Å². The summed E-state index contributed by atoms with van der Waals surface area (Å²) in [6.07, 6.45) is 5.35. The van der Waals surface area contributed by atoms with Crippen molar-refractivity contribution in [1.82, 2.24) is 5.32 Å². The van der Waals surface area contributed by atoms with E-state index in [0.717, 1.165) is 19.3 Å². The summed E-state index contributed by atoms with van der Waals surface area (Å²) in [7, 11) is 0. The quantitative estimate of drug-likeness (QED) is 0.721. The van der Waals surface area contributed by atoms with Crippen LogP contribution >= 0.6 is 11.6 Å². The third-order valence-electron chi connectivity index (χ3n) is 2.91. The molecule has 0 aromatic heterocycles. The first-order valence-electron chi connectivity index (χ1n) is 5.43. The second-order valence-electron chi connectivity index (χ2n) is 4.79. The summed E-state index contributed by atoms with van der Waals surface area (Å²) in [4.78, 5) is 11.8. The lowest BCUT2D eigenvalue weighted by Gasteiger charge is -2.27. The third kappa shape index (κ3) is 3.49. The standard InChI is InChI=1S/C11H20ClNO/c1-11(2,7-8-12)13-10(14)9-5-3-4-6-9/h9H,3-8H2,1-2H3,(H,13,14). The van der Waals surface area contributed by atoms with Gasteiger partial charge in [-0.15, -0.1) is 11.6 Å². The predicted octanol–water partition coefficient (Wildman–Crippen LogP) is 2.70. The van der Waals surface area contributed by atoms with Gasteiger partial charge in [0.15, 0.2) is 0 Å². The summed E-state index contributed by atoms with van der Waals surface area (Å²) in [5.74, 6) is 1.07. The first-order chi connectivity index (χ1) is 6.55. The van der Waals surface area contributed by atoms with Crippen LogP contribution in [0.1, 0.15) is 46.0 Å². The molecule has 82 valence electrons. The maximum atomic E-state index is 11.8. The molecular weight excluding hydrogens is 198 g/mol. The number of alkyl halides is 1. The highest BCUT2D eigenvalue weighted by Gasteiger charge is 2.27. The Kier molecular flexibility index (Phi) is 4.24. The van der Waals surface area contributed by atoms with Crippen LogP contribution in [0.4, 0.5) is 0 Å². The van der Waals surface area contributed by atoms with Gasteiger partial charge < -0.3 is 5.32 Å². The van der Waals surface area contributed by atoms with Crippen LogP contribution in [0.15, 0.2) is 0 Å². The smallest absolute Gasteiger partial charge is 0.223 e. The third-order valence-corrected chi connectivity index (χ3v) is 3.10. The normalized spacial score (nSPS) is 18.5. The van der Waals surface area contributed by atoms with Crippen molar-refractivity contribution >= 4 is 17.5 Å². The number of carbonyl (C=O) groups is 1. The molecule has 14 heavy (non-hydrogen) atoms. The number of rotatable bonds is 4. The van der Waals surface area contributed by atoms with Crippen LogP contribution in [0.3, 0.4) is 0 Å². The zero-order valence-corrected chi connectivity index (χ0v) is 9.86. The van der Waals surface area contributed by atoms with Gasteiger partial charge in [-0.2, -0.15) is 0 Å². The number of carbonyl (C=O) groups excluding carboxylic acids is 1. The number of hydrogen-bond donors (Lipinski definition) is 1. The number of nitrogens with one attached hydrogen (secondary N) is 1. The first-order valence-corrected chi connectivity index (χ1v) is 5.96. The zero-order chi connectivity index (χ0) is 10.6. The first kappa shape index (κ1) is 11.8. The van der Waals surface area contributed by atoms with Crippen molar-refractivity contribution in [1.29, 1.82) is 0 Å². The van der Waals surface area contributed by atoms with Crippen molar-refractivity contribution in [3.05, 3.63) is 0 Å². The molecular formula is C11H20ClNO. The molecule has 3 heteroatoms. The Morgan fingerprint density at radius 2 is 2.00 bits per heavy atom. The fraction of sp³-hybridized carbons (Fsp3) is 0.909. The maximum Gasteiger partial charge on any atom is 0.223 e. The van der Waals surface area contributed by atoms with E-state index in [0.29, 0.717) is 5.88 Å². The summed E-state index contributed by atoms with van der Waals surface area (Å²) in [6, 6.07) is 0. The van der Waals surface area contributed by atoms with Gasteiger partial charge in [0.25, 0.3) is 0 Å². The van der Waals surface area contributed by atoms with Gasteiger partial charge in [-0.1, -0.05) is 12.8 Å². The molecule has 2 nitrogen and oxygen atoms in total. The van der Waals surface area contributed by atoms with Crippen LogP contribution in [0, 0.1) is 5.92 Å². The van der Waals surface area contributed by atoms with E-state index >= 15 is 0 Å². The van der Waals surface area contributed by atoms with Crippen LogP contribution in [-0.4, -0.2) is 17.3 Å². The van der Waals surface area contributed by atoms with E-state index in [4.69, 9.17) is 11.6 Å². The van der Waals surface area contributed by atoms with E-state index < -0.39 is 0 Å². The van der Waals surface area contributed by atoms with Gasteiger partial charge in [-0.25, -0.2) is 0 Å². The predicted molar refractivity (Wildman–Crippen MR) is 59.5 cm³/mol.